The maximum Gasteiger partial charge on any atom is 0.260 e. The fraction of sp³-hybridized carbons (Fsp3) is 0.318. The third-order valence-corrected chi connectivity index (χ3v) is 5.17. The summed E-state index contributed by atoms with van der Waals surface area (Å²) < 4.78 is 10.7. The summed E-state index contributed by atoms with van der Waals surface area (Å²) in [5.41, 5.74) is 3.77. The van der Waals surface area contributed by atoms with E-state index in [1.807, 2.05) is 37.5 Å². The van der Waals surface area contributed by atoms with E-state index in [9.17, 15) is 4.79 Å². The lowest BCUT2D eigenvalue weighted by molar-refractivity contribution is 0.355. The van der Waals surface area contributed by atoms with Crippen LogP contribution in [-0.2, 0) is 13.0 Å². The van der Waals surface area contributed by atoms with E-state index < -0.39 is 0 Å². The zero-order valence-electron chi connectivity index (χ0n) is 17.6. The van der Waals surface area contributed by atoms with E-state index in [4.69, 9.17) is 14.5 Å². The molecule has 8 heteroatoms. The maximum atomic E-state index is 12.7. The third kappa shape index (κ3) is 3.68. The third-order valence-electron chi connectivity index (χ3n) is 5.17. The van der Waals surface area contributed by atoms with Gasteiger partial charge in [-0.2, -0.15) is 0 Å². The van der Waals surface area contributed by atoms with Crippen LogP contribution in [0.3, 0.4) is 0 Å². The highest BCUT2D eigenvalue weighted by molar-refractivity contribution is 5.82. The van der Waals surface area contributed by atoms with Gasteiger partial charge >= 0.3 is 0 Å². The molecule has 0 saturated heterocycles. The molecule has 0 unspecified atom stereocenters. The summed E-state index contributed by atoms with van der Waals surface area (Å²) in [6.07, 6.45) is 2.63. The van der Waals surface area contributed by atoms with Crippen molar-refractivity contribution in [1.29, 1.82) is 0 Å². The minimum atomic E-state index is -0.203. The van der Waals surface area contributed by atoms with E-state index in [-0.39, 0.29) is 5.56 Å². The minimum Gasteiger partial charge on any atom is -0.493 e. The molecular weight excluding hydrogens is 382 g/mol. The van der Waals surface area contributed by atoms with Crippen molar-refractivity contribution < 1.29 is 9.47 Å². The minimum absolute atomic E-state index is 0.203. The zero-order chi connectivity index (χ0) is 21.3. The van der Waals surface area contributed by atoms with Gasteiger partial charge in [-0.3, -0.25) is 9.78 Å². The molecule has 1 aromatic heterocycles. The van der Waals surface area contributed by atoms with Crippen molar-refractivity contribution in [1.82, 2.24) is 14.9 Å². The van der Waals surface area contributed by atoms with Crippen molar-refractivity contribution in [2.75, 3.05) is 39.8 Å². The molecule has 2 aromatic carbocycles. The smallest absolute Gasteiger partial charge is 0.260 e. The monoisotopic (exact) mass is 407 g/mol. The fourth-order valence-corrected chi connectivity index (χ4v) is 3.67. The molecule has 1 aliphatic rings. The lowest BCUT2D eigenvalue weighted by Crippen LogP contribution is -2.33. The van der Waals surface area contributed by atoms with Crippen LogP contribution in [0.5, 0.6) is 11.5 Å². The number of benzene rings is 2. The van der Waals surface area contributed by atoms with Crippen LogP contribution in [0.4, 0.5) is 11.6 Å². The topological polar surface area (TPSA) is 83.0 Å². The molecule has 0 spiro atoms. The first-order valence-corrected chi connectivity index (χ1v) is 9.72. The predicted octanol–water partition coefficient (Wildman–Crippen LogP) is 2.72. The number of anilines is 1. The summed E-state index contributed by atoms with van der Waals surface area (Å²) in [5, 5.41) is 0.467. The molecular formula is C22H25N5O3. The Morgan fingerprint density at radius 1 is 1.20 bits per heavy atom. The van der Waals surface area contributed by atoms with Crippen molar-refractivity contribution in [2.45, 2.75) is 13.0 Å². The average molecular weight is 407 g/mol. The van der Waals surface area contributed by atoms with E-state index in [1.165, 1.54) is 11.1 Å². The number of aromatic nitrogens is 2. The van der Waals surface area contributed by atoms with Crippen LogP contribution < -0.4 is 19.9 Å². The van der Waals surface area contributed by atoms with Gasteiger partial charge in [-0.15, -0.1) is 0 Å². The Bertz CT molecular complexity index is 1170. The second kappa shape index (κ2) is 8.06. The molecule has 0 radical (unpaired) electrons. The molecule has 0 bridgehead atoms. The van der Waals surface area contributed by atoms with Gasteiger partial charge in [-0.05, 0) is 29.7 Å². The van der Waals surface area contributed by atoms with Gasteiger partial charge in [0.15, 0.2) is 11.5 Å². The Labute approximate surface area is 174 Å². The van der Waals surface area contributed by atoms with Crippen LogP contribution in [0.1, 0.15) is 11.1 Å². The highest BCUT2D eigenvalue weighted by Gasteiger charge is 2.21. The average Bonchev–Trinajstić information content (AvgIpc) is 2.76. The summed E-state index contributed by atoms with van der Waals surface area (Å²) >= 11 is 0. The molecule has 30 heavy (non-hydrogen) atoms. The van der Waals surface area contributed by atoms with Gasteiger partial charge in [0.05, 0.1) is 37.1 Å². The fourth-order valence-electron chi connectivity index (χ4n) is 3.67. The van der Waals surface area contributed by atoms with E-state index in [1.54, 1.807) is 26.4 Å². The molecule has 3 aromatic rings. The van der Waals surface area contributed by atoms with Gasteiger partial charge in [0.1, 0.15) is 0 Å². The summed E-state index contributed by atoms with van der Waals surface area (Å²) in [6, 6.07) is 9.54. The van der Waals surface area contributed by atoms with Crippen LogP contribution in [0.15, 0.2) is 40.1 Å². The summed E-state index contributed by atoms with van der Waals surface area (Å²) in [4.78, 5) is 28.9. The van der Waals surface area contributed by atoms with Gasteiger partial charge in [0, 0.05) is 33.3 Å². The molecule has 1 N–H and O–H groups in total. The molecule has 0 atom stereocenters. The Hall–Kier alpha value is -3.55. The normalized spacial score (nSPS) is 13.5. The number of nitrogens with zero attached hydrogens (tertiary/aromatic N) is 4. The second-order valence-electron chi connectivity index (χ2n) is 7.41. The van der Waals surface area contributed by atoms with E-state index >= 15 is 0 Å². The van der Waals surface area contributed by atoms with Gasteiger partial charge in [0.25, 0.3) is 5.56 Å². The van der Waals surface area contributed by atoms with Gasteiger partial charge < -0.3 is 19.3 Å². The van der Waals surface area contributed by atoms with Crippen molar-refractivity contribution in [3.63, 3.8) is 0 Å². The van der Waals surface area contributed by atoms with Crippen molar-refractivity contribution in [3.8, 4) is 11.5 Å². The van der Waals surface area contributed by atoms with Crippen LogP contribution in [0, 0.1) is 0 Å². The number of ether oxygens (including phenoxy) is 2. The molecule has 0 fully saturated rings. The molecule has 0 amide bonds. The highest BCUT2D eigenvalue weighted by Crippen LogP contribution is 2.32. The maximum absolute atomic E-state index is 12.7. The molecule has 1 aliphatic heterocycles. The predicted molar refractivity (Wildman–Crippen MR) is 119 cm³/mol. The standard InChI is InChI=1S/C22H25N5O3/c1-26(2)13-23-17-7-5-6-14-12-27(9-8-15(14)17)22-24-18-11-20(30-4)19(29-3)10-16(18)21(28)25-22/h5-7,10-11,13H,8-9,12H2,1-4H3,(H,24,25,28). The SMILES string of the molecule is COc1cc2nc(N3CCc4c(cccc4N=CN(C)C)C3)[nH]c(=O)c2cc1OC. The van der Waals surface area contributed by atoms with Crippen molar-refractivity contribution in [2.24, 2.45) is 4.99 Å². The Morgan fingerprint density at radius 2 is 1.97 bits per heavy atom. The number of rotatable bonds is 5. The first kappa shape index (κ1) is 19.8. The lowest BCUT2D eigenvalue weighted by atomic mass is 9.98. The van der Waals surface area contributed by atoms with Gasteiger partial charge in [-0.1, -0.05) is 12.1 Å². The van der Waals surface area contributed by atoms with Crippen LogP contribution in [0.25, 0.3) is 10.9 Å². The van der Waals surface area contributed by atoms with Crippen molar-refractivity contribution >= 4 is 28.9 Å². The Kier molecular flexibility index (Phi) is 5.31. The van der Waals surface area contributed by atoms with Crippen molar-refractivity contribution in [3.05, 3.63) is 51.8 Å². The number of nitrogens with one attached hydrogen (secondary N) is 1. The summed E-state index contributed by atoms with van der Waals surface area (Å²) in [5.74, 6) is 1.59. The second-order valence-corrected chi connectivity index (χ2v) is 7.41. The molecule has 2 heterocycles. The number of aromatic amines is 1. The quantitative estimate of drug-likeness (QED) is 0.517. The Balaban J connectivity index is 1.69. The Morgan fingerprint density at radius 3 is 2.70 bits per heavy atom. The van der Waals surface area contributed by atoms with Crippen LogP contribution >= 0.6 is 0 Å². The molecule has 0 saturated carbocycles. The summed E-state index contributed by atoms with van der Waals surface area (Å²) in [7, 11) is 7.01. The number of H-pyrrole nitrogens is 1. The number of hydrogen-bond acceptors (Lipinski definition) is 6. The lowest BCUT2D eigenvalue weighted by Gasteiger charge is -2.30. The number of hydrogen-bond donors (Lipinski definition) is 1. The first-order chi connectivity index (χ1) is 14.5. The number of fused-ring (bicyclic) bond motifs is 2. The van der Waals surface area contributed by atoms with E-state index in [0.717, 1.165) is 18.7 Å². The molecule has 156 valence electrons. The van der Waals surface area contributed by atoms with Crippen LogP contribution in [0.2, 0.25) is 0 Å². The van der Waals surface area contributed by atoms with Gasteiger partial charge in [0.2, 0.25) is 5.95 Å². The summed E-state index contributed by atoms with van der Waals surface area (Å²) in [6.45, 7) is 1.39. The number of aliphatic imine (C=N–C) groups is 1. The highest BCUT2D eigenvalue weighted by atomic mass is 16.5. The molecule has 0 aliphatic carbocycles. The van der Waals surface area contributed by atoms with E-state index in [0.29, 0.717) is 34.9 Å². The number of methoxy groups -OCH3 is 2. The molecule has 4 rings (SSSR count). The first-order valence-electron chi connectivity index (χ1n) is 9.72. The van der Waals surface area contributed by atoms with Crippen LogP contribution in [-0.4, -0.2) is 56.1 Å². The largest absolute Gasteiger partial charge is 0.493 e. The zero-order valence-corrected chi connectivity index (χ0v) is 17.6. The van der Waals surface area contributed by atoms with E-state index in [2.05, 4.69) is 20.9 Å². The van der Waals surface area contributed by atoms with Gasteiger partial charge in [-0.25, -0.2) is 9.98 Å². The molecule has 8 nitrogen and oxygen atoms in total.